The van der Waals surface area contributed by atoms with Crippen molar-refractivity contribution in [1.82, 2.24) is 14.9 Å². The van der Waals surface area contributed by atoms with Crippen molar-refractivity contribution in [2.75, 3.05) is 5.32 Å². The molecule has 1 aliphatic carbocycles. The fraction of sp³-hybridized carbons (Fsp3) is 0.524. The molecule has 1 fully saturated rings. The highest BCUT2D eigenvalue weighted by molar-refractivity contribution is 6.09. The van der Waals surface area contributed by atoms with Crippen molar-refractivity contribution in [3.63, 3.8) is 0 Å². The number of aromatic nitrogens is 2. The summed E-state index contributed by atoms with van der Waals surface area (Å²) in [5.41, 5.74) is -3.24. The maximum absolute atomic E-state index is 14.5. The quantitative estimate of drug-likeness (QED) is 0.714. The summed E-state index contributed by atoms with van der Waals surface area (Å²) in [6.45, 7) is 2.88. The fourth-order valence-electron chi connectivity index (χ4n) is 4.68. The Kier molecular flexibility index (Phi) is 5.06. The molecule has 1 aromatic heterocycles. The molecule has 31 heavy (non-hydrogen) atoms. The highest BCUT2D eigenvalue weighted by Gasteiger charge is 2.68. The number of hydrogen-bond acceptors (Lipinski definition) is 4. The SMILES string of the molecule is CC(=O)c1cccc2c1nc1n2C(NC(=O)[C@@H](C)C2CCCCC2)(C(F)(F)F)C(=O)N1. The molecule has 0 bridgehead atoms. The number of ketones is 1. The first kappa shape index (κ1) is 21.3. The third-order valence-corrected chi connectivity index (χ3v) is 6.44. The molecule has 2 aromatic rings. The third kappa shape index (κ3) is 3.19. The molecule has 2 heterocycles. The number of anilines is 1. The summed E-state index contributed by atoms with van der Waals surface area (Å²) in [5.74, 6) is -3.72. The van der Waals surface area contributed by atoms with Crippen molar-refractivity contribution in [3.05, 3.63) is 23.8 Å². The molecule has 1 unspecified atom stereocenters. The molecule has 10 heteroatoms. The Morgan fingerprint density at radius 3 is 2.55 bits per heavy atom. The van der Waals surface area contributed by atoms with Crippen LogP contribution in [0.25, 0.3) is 11.0 Å². The molecular weight excluding hydrogens is 413 g/mol. The van der Waals surface area contributed by atoms with Gasteiger partial charge in [-0.05, 0) is 37.8 Å². The molecule has 2 aliphatic rings. The van der Waals surface area contributed by atoms with Gasteiger partial charge in [-0.15, -0.1) is 0 Å². The molecule has 2 amide bonds. The first-order valence-corrected chi connectivity index (χ1v) is 10.3. The van der Waals surface area contributed by atoms with Gasteiger partial charge in [0.1, 0.15) is 5.52 Å². The van der Waals surface area contributed by atoms with E-state index in [9.17, 15) is 27.6 Å². The van der Waals surface area contributed by atoms with E-state index in [-0.39, 0.29) is 34.2 Å². The van der Waals surface area contributed by atoms with Gasteiger partial charge in [0.05, 0.1) is 5.52 Å². The molecule has 0 spiro atoms. The number of alkyl halides is 3. The predicted molar refractivity (Wildman–Crippen MR) is 106 cm³/mol. The highest BCUT2D eigenvalue weighted by Crippen LogP contribution is 2.45. The molecule has 166 valence electrons. The number of carbonyl (C=O) groups excluding carboxylic acids is 3. The van der Waals surface area contributed by atoms with Crippen LogP contribution in [0, 0.1) is 11.8 Å². The molecule has 7 nitrogen and oxygen atoms in total. The fourth-order valence-corrected chi connectivity index (χ4v) is 4.68. The summed E-state index contributed by atoms with van der Waals surface area (Å²) in [6.07, 6.45) is -0.719. The summed E-state index contributed by atoms with van der Waals surface area (Å²) in [4.78, 5) is 41.6. The average molecular weight is 436 g/mol. The van der Waals surface area contributed by atoms with E-state index in [2.05, 4.69) is 10.3 Å². The second-order valence-electron chi connectivity index (χ2n) is 8.34. The number of Topliss-reactive ketones (excluding diaryl/α,β-unsaturated/α-hetero) is 1. The van der Waals surface area contributed by atoms with Gasteiger partial charge in [-0.2, -0.15) is 13.2 Å². The first-order valence-electron chi connectivity index (χ1n) is 10.3. The summed E-state index contributed by atoms with van der Waals surface area (Å²) in [6, 6.07) is 4.22. The summed E-state index contributed by atoms with van der Waals surface area (Å²) in [7, 11) is 0. The van der Waals surface area contributed by atoms with Gasteiger partial charge in [0, 0.05) is 11.5 Å². The number of nitrogens with zero attached hydrogens (tertiary/aromatic N) is 2. The van der Waals surface area contributed by atoms with Crippen LogP contribution in [0.4, 0.5) is 19.1 Å². The van der Waals surface area contributed by atoms with Gasteiger partial charge in [-0.25, -0.2) is 4.98 Å². The molecule has 1 aromatic carbocycles. The van der Waals surface area contributed by atoms with Crippen LogP contribution in [0.2, 0.25) is 0 Å². The van der Waals surface area contributed by atoms with E-state index in [1.807, 2.05) is 5.32 Å². The number of carbonyl (C=O) groups is 3. The second-order valence-corrected chi connectivity index (χ2v) is 8.34. The zero-order valence-electron chi connectivity index (χ0n) is 17.2. The molecule has 0 radical (unpaired) electrons. The maximum Gasteiger partial charge on any atom is 0.440 e. The number of nitrogens with one attached hydrogen (secondary N) is 2. The van der Waals surface area contributed by atoms with Crippen molar-refractivity contribution >= 4 is 34.6 Å². The Labute approximate surface area is 176 Å². The highest BCUT2D eigenvalue weighted by atomic mass is 19.4. The standard InChI is InChI=1S/C21H23F3N4O3/c1-11(13-7-4-3-5-8-13)17(30)27-20(21(22,23)24)18(31)26-19-25-16-14(12(2)29)9-6-10-15(16)28(19)20/h6,9-11,13H,3-5,7-8H2,1-2H3,(H,27,30)(H,25,26,31)/t11-,20?/m0/s1. The van der Waals surface area contributed by atoms with Gasteiger partial charge >= 0.3 is 6.18 Å². The van der Waals surface area contributed by atoms with Crippen LogP contribution in [0.3, 0.4) is 0 Å². The zero-order valence-corrected chi connectivity index (χ0v) is 17.2. The van der Waals surface area contributed by atoms with Crippen molar-refractivity contribution in [2.45, 2.75) is 57.8 Å². The van der Waals surface area contributed by atoms with E-state index in [0.717, 1.165) is 32.1 Å². The molecule has 1 saturated carbocycles. The minimum Gasteiger partial charge on any atom is -0.317 e. The van der Waals surface area contributed by atoms with Gasteiger partial charge in [0.25, 0.3) is 11.6 Å². The monoisotopic (exact) mass is 436 g/mol. The summed E-state index contributed by atoms with van der Waals surface area (Å²) >= 11 is 0. The zero-order chi connectivity index (χ0) is 22.6. The normalized spacial score (nSPS) is 22.8. The lowest BCUT2D eigenvalue weighted by Crippen LogP contribution is -2.64. The van der Waals surface area contributed by atoms with Crippen LogP contribution in [0.5, 0.6) is 0 Å². The molecule has 4 rings (SSSR count). The molecule has 2 N–H and O–H groups in total. The van der Waals surface area contributed by atoms with Gasteiger partial charge < -0.3 is 5.32 Å². The average Bonchev–Trinajstić information content (AvgIpc) is 3.21. The van der Waals surface area contributed by atoms with Gasteiger partial charge in [-0.3, -0.25) is 24.3 Å². The summed E-state index contributed by atoms with van der Waals surface area (Å²) < 4.78 is 44.1. The van der Waals surface area contributed by atoms with Gasteiger partial charge in [-0.1, -0.05) is 32.3 Å². The van der Waals surface area contributed by atoms with E-state index in [1.54, 1.807) is 6.92 Å². The molecule has 0 saturated heterocycles. The van der Waals surface area contributed by atoms with Crippen molar-refractivity contribution in [2.24, 2.45) is 11.8 Å². The van der Waals surface area contributed by atoms with Crippen LogP contribution >= 0.6 is 0 Å². The van der Waals surface area contributed by atoms with Crippen molar-refractivity contribution in [3.8, 4) is 0 Å². The number of imidazole rings is 1. The van der Waals surface area contributed by atoms with E-state index in [1.165, 1.54) is 25.1 Å². The smallest absolute Gasteiger partial charge is 0.317 e. The summed E-state index contributed by atoms with van der Waals surface area (Å²) in [5, 5.41) is 4.17. The largest absolute Gasteiger partial charge is 0.440 e. The topological polar surface area (TPSA) is 93.1 Å². The Morgan fingerprint density at radius 1 is 1.26 bits per heavy atom. The lowest BCUT2D eigenvalue weighted by Gasteiger charge is -2.34. The maximum atomic E-state index is 14.5. The second kappa shape index (κ2) is 7.35. The Morgan fingerprint density at radius 2 is 1.94 bits per heavy atom. The van der Waals surface area contributed by atoms with Crippen LogP contribution in [0.15, 0.2) is 18.2 Å². The molecule has 1 aliphatic heterocycles. The molecular formula is C21H23F3N4O3. The Hall–Kier alpha value is -2.91. The van der Waals surface area contributed by atoms with Crippen molar-refractivity contribution < 1.29 is 27.6 Å². The number of rotatable bonds is 4. The van der Waals surface area contributed by atoms with Gasteiger partial charge in [0.15, 0.2) is 5.78 Å². The van der Waals surface area contributed by atoms with E-state index >= 15 is 0 Å². The first-order chi connectivity index (χ1) is 14.6. The number of benzene rings is 1. The number of halogens is 3. The van der Waals surface area contributed by atoms with Crippen LogP contribution in [0.1, 0.15) is 56.3 Å². The number of fused-ring (bicyclic) bond motifs is 3. The minimum absolute atomic E-state index is 0.0354. The Bertz CT molecular complexity index is 1070. The minimum atomic E-state index is -5.15. The van der Waals surface area contributed by atoms with E-state index in [0.29, 0.717) is 4.57 Å². The number of para-hydroxylation sites is 1. The Balaban J connectivity index is 1.82. The lowest BCUT2D eigenvalue weighted by molar-refractivity contribution is -0.218. The van der Waals surface area contributed by atoms with Crippen LogP contribution in [-0.4, -0.2) is 33.3 Å². The van der Waals surface area contributed by atoms with Crippen LogP contribution < -0.4 is 10.6 Å². The number of amides is 2. The van der Waals surface area contributed by atoms with Gasteiger partial charge in [0.2, 0.25) is 11.9 Å². The van der Waals surface area contributed by atoms with E-state index in [4.69, 9.17) is 0 Å². The lowest BCUT2D eigenvalue weighted by atomic mass is 9.80. The van der Waals surface area contributed by atoms with E-state index < -0.39 is 29.6 Å². The molecule has 2 atom stereocenters. The predicted octanol–water partition coefficient (Wildman–Crippen LogP) is 3.74. The van der Waals surface area contributed by atoms with Crippen LogP contribution in [-0.2, 0) is 15.3 Å². The number of hydrogen-bond donors (Lipinski definition) is 2. The van der Waals surface area contributed by atoms with Crippen molar-refractivity contribution in [1.29, 1.82) is 0 Å². The third-order valence-electron chi connectivity index (χ3n) is 6.44.